The van der Waals surface area contributed by atoms with Gasteiger partial charge in [-0.3, -0.25) is 4.79 Å². The van der Waals surface area contributed by atoms with Crippen LogP contribution < -0.4 is 5.32 Å². The fourth-order valence-corrected chi connectivity index (χ4v) is 4.11. The molecule has 0 aromatic heterocycles. The number of nitrogens with one attached hydrogen (secondary N) is 1. The van der Waals surface area contributed by atoms with Crippen LogP contribution in [0.3, 0.4) is 0 Å². The van der Waals surface area contributed by atoms with Crippen molar-refractivity contribution in [1.29, 1.82) is 0 Å². The van der Waals surface area contributed by atoms with E-state index >= 15 is 0 Å². The monoisotopic (exact) mass is 333 g/mol. The SMILES string of the molecule is CSC(=S)C[C@H]1NC(=O)[C@@H]1[C@@H](C)O[Si](C)(C)C(C)(C)C. The third-order valence-corrected chi connectivity index (χ3v) is 10.3. The molecule has 1 aliphatic rings. The van der Waals surface area contributed by atoms with Crippen LogP contribution in [-0.2, 0) is 9.22 Å². The van der Waals surface area contributed by atoms with Gasteiger partial charge >= 0.3 is 0 Å². The van der Waals surface area contributed by atoms with Crippen molar-refractivity contribution in [2.75, 3.05) is 6.26 Å². The van der Waals surface area contributed by atoms with Gasteiger partial charge in [-0.2, -0.15) is 0 Å². The molecule has 20 heavy (non-hydrogen) atoms. The lowest BCUT2D eigenvalue weighted by Gasteiger charge is -2.45. The van der Waals surface area contributed by atoms with E-state index in [0.717, 1.165) is 10.6 Å². The number of hydrogen-bond donors (Lipinski definition) is 1. The first-order valence-electron chi connectivity index (χ1n) is 7.04. The Morgan fingerprint density at radius 3 is 2.45 bits per heavy atom. The molecular weight excluding hydrogens is 306 g/mol. The topological polar surface area (TPSA) is 38.3 Å². The Morgan fingerprint density at radius 1 is 1.50 bits per heavy atom. The van der Waals surface area contributed by atoms with Gasteiger partial charge in [-0.15, -0.1) is 11.8 Å². The molecule has 3 atom stereocenters. The molecular formula is C14H27NO2S2Si. The first-order valence-corrected chi connectivity index (χ1v) is 11.6. The minimum absolute atomic E-state index is 0.0423. The molecule has 3 nitrogen and oxygen atoms in total. The largest absolute Gasteiger partial charge is 0.413 e. The van der Waals surface area contributed by atoms with Crippen LogP contribution in [0, 0.1) is 5.92 Å². The summed E-state index contributed by atoms with van der Waals surface area (Å²) >= 11 is 6.84. The van der Waals surface area contributed by atoms with Crippen molar-refractivity contribution in [3.05, 3.63) is 0 Å². The minimum Gasteiger partial charge on any atom is -0.413 e. The molecule has 1 rings (SSSR count). The molecule has 0 saturated carbocycles. The van der Waals surface area contributed by atoms with Crippen LogP contribution in [0.5, 0.6) is 0 Å². The van der Waals surface area contributed by atoms with Crippen molar-refractivity contribution in [3.8, 4) is 0 Å². The molecule has 1 aliphatic heterocycles. The fourth-order valence-electron chi connectivity index (χ4n) is 2.15. The Balaban J connectivity index is 2.68. The molecule has 1 N–H and O–H groups in total. The number of thiocarbonyl (C=S) groups is 1. The van der Waals surface area contributed by atoms with Crippen molar-refractivity contribution in [1.82, 2.24) is 5.32 Å². The highest BCUT2D eigenvalue weighted by Crippen LogP contribution is 2.39. The van der Waals surface area contributed by atoms with Crippen LogP contribution in [0.1, 0.15) is 34.1 Å². The lowest BCUT2D eigenvalue weighted by molar-refractivity contribution is -0.139. The summed E-state index contributed by atoms with van der Waals surface area (Å²) in [5.41, 5.74) is 0. The summed E-state index contributed by atoms with van der Waals surface area (Å²) in [5, 5.41) is 3.12. The Labute approximate surface area is 133 Å². The maximum absolute atomic E-state index is 11.9. The lowest BCUT2D eigenvalue weighted by Crippen LogP contribution is -2.64. The van der Waals surface area contributed by atoms with Gasteiger partial charge in [0, 0.05) is 16.7 Å². The van der Waals surface area contributed by atoms with Crippen molar-refractivity contribution in [2.45, 2.75) is 64.4 Å². The average Bonchev–Trinajstić information content (AvgIpc) is 2.25. The maximum Gasteiger partial charge on any atom is 0.228 e. The zero-order chi connectivity index (χ0) is 15.7. The highest BCUT2D eigenvalue weighted by molar-refractivity contribution is 8.22. The van der Waals surface area contributed by atoms with Crippen molar-refractivity contribution < 1.29 is 9.22 Å². The maximum atomic E-state index is 11.9. The summed E-state index contributed by atoms with van der Waals surface area (Å²) in [6, 6.07) is 0.141. The van der Waals surface area contributed by atoms with Crippen molar-refractivity contribution >= 4 is 42.4 Å². The molecule has 0 aromatic rings. The Bertz CT molecular complexity index is 393. The van der Waals surface area contributed by atoms with E-state index in [0.29, 0.717) is 0 Å². The first kappa shape index (κ1) is 18.1. The van der Waals surface area contributed by atoms with Gasteiger partial charge in [-0.05, 0) is 31.3 Å². The standard InChI is InChI=1S/C14H27NO2S2Si/c1-9(17-20(6,7)14(2,3)4)12-10(15-13(12)16)8-11(18)19-5/h9-10,12H,8H2,1-7H3,(H,15,16)/t9-,10-,12-/m1/s1. The van der Waals surface area contributed by atoms with Crippen molar-refractivity contribution in [2.24, 2.45) is 5.92 Å². The van der Waals surface area contributed by atoms with Gasteiger partial charge in [0.2, 0.25) is 5.91 Å². The molecule has 0 spiro atoms. The summed E-state index contributed by atoms with van der Waals surface area (Å²) in [6.45, 7) is 13.1. The second-order valence-electron chi connectivity index (χ2n) is 7.00. The van der Waals surface area contributed by atoms with Crippen LogP contribution >= 0.6 is 24.0 Å². The van der Waals surface area contributed by atoms with Gasteiger partial charge in [-0.1, -0.05) is 33.0 Å². The van der Waals surface area contributed by atoms with Gasteiger partial charge in [-0.25, -0.2) is 0 Å². The number of rotatable bonds is 5. The highest BCUT2D eigenvalue weighted by Gasteiger charge is 2.47. The van der Waals surface area contributed by atoms with Gasteiger partial charge in [0.15, 0.2) is 8.32 Å². The van der Waals surface area contributed by atoms with Crippen LogP contribution in [0.15, 0.2) is 0 Å². The van der Waals surface area contributed by atoms with E-state index in [1.807, 2.05) is 13.2 Å². The number of thioether (sulfide) groups is 1. The molecule has 1 heterocycles. The fraction of sp³-hybridized carbons (Fsp3) is 0.857. The van der Waals surface area contributed by atoms with E-state index in [4.69, 9.17) is 16.6 Å². The zero-order valence-corrected chi connectivity index (χ0v) is 16.2. The molecule has 0 aromatic carbocycles. The Hall–Kier alpha value is 0.0869. The van der Waals surface area contributed by atoms with Crippen LogP contribution in [-0.4, -0.2) is 36.8 Å². The first-order chi connectivity index (χ1) is 8.99. The number of carbonyl (C=O) groups is 1. The van der Waals surface area contributed by atoms with Crippen LogP contribution in [0.2, 0.25) is 18.1 Å². The number of carbonyl (C=O) groups excluding carboxylic acids is 1. The van der Waals surface area contributed by atoms with Gasteiger partial charge < -0.3 is 9.74 Å². The third-order valence-electron chi connectivity index (χ3n) is 4.47. The van der Waals surface area contributed by atoms with E-state index in [1.54, 1.807) is 11.8 Å². The normalized spacial score (nSPS) is 24.9. The van der Waals surface area contributed by atoms with Gasteiger partial charge in [0.05, 0.1) is 12.0 Å². The van der Waals surface area contributed by atoms with E-state index in [9.17, 15) is 4.79 Å². The van der Waals surface area contributed by atoms with E-state index < -0.39 is 8.32 Å². The predicted molar refractivity (Wildman–Crippen MR) is 93.9 cm³/mol. The van der Waals surface area contributed by atoms with Crippen LogP contribution in [0.4, 0.5) is 0 Å². The zero-order valence-electron chi connectivity index (χ0n) is 13.6. The van der Waals surface area contributed by atoms with E-state index in [1.165, 1.54) is 0 Å². The number of β-lactam (4-membered cyclic amide) rings is 1. The summed E-state index contributed by atoms with van der Waals surface area (Å²) in [6.07, 6.45) is 2.70. The number of hydrogen-bond acceptors (Lipinski definition) is 4. The Morgan fingerprint density at radius 2 is 2.05 bits per heavy atom. The summed E-state index contributed by atoms with van der Waals surface area (Å²) in [7, 11) is -1.84. The molecule has 0 radical (unpaired) electrons. The molecule has 0 aliphatic carbocycles. The minimum atomic E-state index is -1.84. The second kappa shape index (κ2) is 6.46. The predicted octanol–water partition coefficient (Wildman–Crippen LogP) is 3.59. The molecule has 6 heteroatoms. The molecule has 1 saturated heterocycles. The van der Waals surface area contributed by atoms with Gasteiger partial charge in [0.1, 0.15) is 0 Å². The van der Waals surface area contributed by atoms with E-state index in [2.05, 4.69) is 39.2 Å². The van der Waals surface area contributed by atoms with Crippen molar-refractivity contribution in [3.63, 3.8) is 0 Å². The summed E-state index contributed by atoms with van der Waals surface area (Å²) in [5.74, 6) is 0.0411. The van der Waals surface area contributed by atoms with E-state index in [-0.39, 0.29) is 29.0 Å². The molecule has 0 unspecified atom stereocenters. The summed E-state index contributed by atoms with van der Waals surface area (Å²) < 4.78 is 7.29. The third kappa shape index (κ3) is 4.05. The molecule has 116 valence electrons. The number of amides is 1. The summed E-state index contributed by atoms with van der Waals surface area (Å²) in [4.78, 5) is 11.9. The quantitative estimate of drug-likeness (QED) is 0.474. The smallest absolute Gasteiger partial charge is 0.228 e. The average molecular weight is 334 g/mol. The van der Waals surface area contributed by atoms with Gasteiger partial charge in [0.25, 0.3) is 0 Å². The lowest BCUT2D eigenvalue weighted by atomic mass is 9.84. The highest BCUT2D eigenvalue weighted by atomic mass is 32.2. The molecule has 1 fully saturated rings. The van der Waals surface area contributed by atoms with Crippen LogP contribution in [0.25, 0.3) is 0 Å². The molecule has 0 bridgehead atoms. The Kier molecular flexibility index (Phi) is 5.86. The molecule has 1 amide bonds. The second-order valence-corrected chi connectivity index (χ2v) is 13.4.